The summed E-state index contributed by atoms with van der Waals surface area (Å²) in [6, 6.07) is 1.90. The van der Waals surface area contributed by atoms with Gasteiger partial charge in [0.2, 0.25) is 0 Å². The van der Waals surface area contributed by atoms with Gasteiger partial charge in [-0.2, -0.15) is 0 Å². The number of thiophene rings is 1. The van der Waals surface area contributed by atoms with E-state index < -0.39 is 0 Å². The second-order valence-electron chi connectivity index (χ2n) is 4.66. The topological polar surface area (TPSA) is 74.8 Å². The molecule has 0 atom stereocenters. The lowest BCUT2D eigenvalue weighted by molar-refractivity contribution is 0.0728. The Morgan fingerprint density at radius 2 is 2.30 bits per heavy atom. The van der Waals surface area contributed by atoms with Crippen LogP contribution in [0.4, 0.5) is 0 Å². The average Bonchev–Trinajstić information content (AvgIpc) is 3.13. The first kappa shape index (κ1) is 11.5. The number of nitrogens with one attached hydrogen (secondary N) is 1. The maximum atomic E-state index is 12.7. The maximum Gasteiger partial charge on any atom is 0.274 e. The third-order valence-electron chi connectivity index (χ3n) is 3.51. The van der Waals surface area contributed by atoms with Crippen molar-refractivity contribution in [2.75, 3.05) is 6.54 Å². The van der Waals surface area contributed by atoms with Gasteiger partial charge in [-0.3, -0.25) is 4.79 Å². The number of fused-ring (bicyclic) bond motifs is 2. The van der Waals surface area contributed by atoms with Gasteiger partial charge in [0.15, 0.2) is 0 Å². The number of rotatable bonds is 1. The Labute approximate surface area is 118 Å². The number of nitrogens with zero attached hydrogens (tertiary/aromatic N) is 4. The van der Waals surface area contributed by atoms with E-state index in [1.54, 1.807) is 6.33 Å². The van der Waals surface area contributed by atoms with Gasteiger partial charge in [0, 0.05) is 13.0 Å². The number of amides is 1. The molecule has 6 nitrogen and oxygen atoms in total. The molecule has 0 bridgehead atoms. The van der Waals surface area contributed by atoms with Crippen molar-refractivity contribution >= 4 is 27.5 Å². The van der Waals surface area contributed by atoms with E-state index >= 15 is 0 Å². The van der Waals surface area contributed by atoms with E-state index in [9.17, 15) is 4.79 Å². The number of hydrogen-bond acceptors (Lipinski definition) is 5. The molecule has 3 aromatic heterocycles. The van der Waals surface area contributed by atoms with E-state index in [0.717, 1.165) is 28.0 Å². The molecular weight excluding hydrogens is 274 g/mol. The number of carbonyl (C=O) groups is 1. The summed E-state index contributed by atoms with van der Waals surface area (Å²) in [6.45, 7) is 1.23. The van der Waals surface area contributed by atoms with E-state index in [2.05, 4.69) is 19.9 Å². The monoisotopic (exact) mass is 285 g/mol. The van der Waals surface area contributed by atoms with Crippen LogP contribution < -0.4 is 0 Å². The van der Waals surface area contributed by atoms with Gasteiger partial charge in [-0.1, -0.05) is 0 Å². The fourth-order valence-electron chi connectivity index (χ4n) is 2.48. The summed E-state index contributed by atoms with van der Waals surface area (Å²) in [4.78, 5) is 30.1. The minimum atomic E-state index is -0.0416. The zero-order valence-corrected chi connectivity index (χ0v) is 11.4. The van der Waals surface area contributed by atoms with Gasteiger partial charge >= 0.3 is 0 Å². The number of aromatic amines is 1. The smallest absolute Gasteiger partial charge is 0.274 e. The molecule has 0 aliphatic carbocycles. The highest BCUT2D eigenvalue weighted by molar-refractivity contribution is 7.17. The van der Waals surface area contributed by atoms with Gasteiger partial charge in [0.05, 0.1) is 34.5 Å². The molecule has 20 heavy (non-hydrogen) atoms. The van der Waals surface area contributed by atoms with Crippen molar-refractivity contribution in [1.82, 2.24) is 24.8 Å². The first-order chi connectivity index (χ1) is 9.83. The summed E-state index contributed by atoms with van der Waals surface area (Å²) < 4.78 is 0.855. The first-order valence-electron chi connectivity index (χ1n) is 6.31. The SMILES string of the molecule is O=C(c1ncnc2ccsc12)N1CCc2nc[nH]c2C1. The van der Waals surface area contributed by atoms with Crippen molar-refractivity contribution in [3.8, 4) is 0 Å². The average molecular weight is 285 g/mol. The highest BCUT2D eigenvalue weighted by Gasteiger charge is 2.25. The molecule has 7 heteroatoms. The summed E-state index contributed by atoms with van der Waals surface area (Å²) in [5.41, 5.74) is 3.39. The summed E-state index contributed by atoms with van der Waals surface area (Å²) >= 11 is 1.50. The van der Waals surface area contributed by atoms with E-state index in [-0.39, 0.29) is 5.91 Å². The fraction of sp³-hybridized carbons (Fsp3) is 0.231. The molecule has 0 saturated heterocycles. The molecule has 0 radical (unpaired) electrons. The zero-order valence-electron chi connectivity index (χ0n) is 10.5. The molecule has 1 N–H and O–H groups in total. The van der Waals surface area contributed by atoms with Crippen molar-refractivity contribution in [2.45, 2.75) is 13.0 Å². The molecule has 4 heterocycles. The van der Waals surface area contributed by atoms with Crippen LogP contribution in [0.15, 0.2) is 24.1 Å². The molecule has 0 fully saturated rings. The largest absolute Gasteiger partial charge is 0.347 e. The number of imidazole rings is 1. The lowest BCUT2D eigenvalue weighted by Gasteiger charge is -2.25. The van der Waals surface area contributed by atoms with Crippen molar-refractivity contribution < 1.29 is 4.79 Å². The third kappa shape index (κ3) is 1.70. The van der Waals surface area contributed by atoms with E-state index in [0.29, 0.717) is 18.8 Å². The second-order valence-corrected chi connectivity index (χ2v) is 5.58. The normalized spacial score (nSPS) is 14.5. The molecule has 1 aliphatic heterocycles. The number of hydrogen-bond donors (Lipinski definition) is 1. The lowest BCUT2D eigenvalue weighted by Crippen LogP contribution is -2.36. The van der Waals surface area contributed by atoms with Crippen LogP contribution in [0.2, 0.25) is 0 Å². The molecule has 0 spiro atoms. The highest BCUT2D eigenvalue weighted by Crippen LogP contribution is 2.24. The lowest BCUT2D eigenvalue weighted by atomic mass is 10.1. The van der Waals surface area contributed by atoms with Crippen molar-refractivity contribution in [3.05, 3.63) is 41.2 Å². The number of aromatic nitrogens is 4. The molecule has 4 rings (SSSR count). The van der Waals surface area contributed by atoms with E-state index in [1.165, 1.54) is 17.7 Å². The fourth-order valence-corrected chi connectivity index (χ4v) is 3.30. The van der Waals surface area contributed by atoms with Crippen LogP contribution in [0.5, 0.6) is 0 Å². The van der Waals surface area contributed by atoms with Gasteiger partial charge in [-0.05, 0) is 11.4 Å². The van der Waals surface area contributed by atoms with Crippen LogP contribution in [-0.2, 0) is 13.0 Å². The zero-order chi connectivity index (χ0) is 13.5. The standard InChI is InChI=1S/C13H11N5OS/c19-13(11-12-9(2-4-20-12)15-7-17-11)18-3-1-8-10(5-18)16-6-14-8/h2,4,6-7H,1,3,5H2,(H,14,16). The van der Waals surface area contributed by atoms with Crippen molar-refractivity contribution in [3.63, 3.8) is 0 Å². The molecule has 1 aliphatic rings. The molecular formula is C13H11N5OS. The van der Waals surface area contributed by atoms with Crippen LogP contribution in [0, 0.1) is 0 Å². The van der Waals surface area contributed by atoms with Crippen LogP contribution in [0.3, 0.4) is 0 Å². The summed E-state index contributed by atoms with van der Waals surface area (Å²) in [6.07, 6.45) is 3.91. The van der Waals surface area contributed by atoms with Gasteiger partial charge < -0.3 is 9.88 Å². The Kier molecular flexibility index (Phi) is 2.53. The van der Waals surface area contributed by atoms with E-state index in [4.69, 9.17) is 0 Å². The van der Waals surface area contributed by atoms with Gasteiger partial charge in [0.25, 0.3) is 5.91 Å². The minimum Gasteiger partial charge on any atom is -0.347 e. The number of carbonyl (C=O) groups excluding carboxylic acids is 1. The molecule has 0 aromatic carbocycles. The maximum absolute atomic E-state index is 12.7. The van der Waals surface area contributed by atoms with Gasteiger partial charge in [0.1, 0.15) is 12.0 Å². The molecule has 3 aromatic rings. The predicted octanol–water partition coefficient (Wildman–Crippen LogP) is 1.61. The summed E-state index contributed by atoms with van der Waals surface area (Å²) in [5, 5.41) is 1.93. The Bertz CT molecular complexity index is 793. The van der Waals surface area contributed by atoms with Crippen LogP contribution in [0.25, 0.3) is 10.2 Å². The Morgan fingerprint density at radius 1 is 1.35 bits per heavy atom. The Morgan fingerprint density at radius 3 is 3.25 bits per heavy atom. The quantitative estimate of drug-likeness (QED) is 0.737. The van der Waals surface area contributed by atoms with Crippen molar-refractivity contribution in [2.24, 2.45) is 0 Å². The van der Waals surface area contributed by atoms with Crippen LogP contribution in [-0.4, -0.2) is 37.3 Å². The molecule has 100 valence electrons. The highest BCUT2D eigenvalue weighted by atomic mass is 32.1. The predicted molar refractivity (Wildman–Crippen MR) is 74.4 cm³/mol. The van der Waals surface area contributed by atoms with Crippen LogP contribution >= 0.6 is 11.3 Å². The first-order valence-corrected chi connectivity index (χ1v) is 7.19. The summed E-state index contributed by atoms with van der Waals surface area (Å²) in [7, 11) is 0. The van der Waals surface area contributed by atoms with Crippen molar-refractivity contribution in [1.29, 1.82) is 0 Å². The molecule has 0 unspecified atom stereocenters. The summed E-state index contributed by atoms with van der Waals surface area (Å²) in [5.74, 6) is -0.0416. The minimum absolute atomic E-state index is 0.0416. The van der Waals surface area contributed by atoms with E-state index in [1.807, 2.05) is 16.3 Å². The molecule has 0 saturated carbocycles. The number of H-pyrrole nitrogens is 1. The molecule has 1 amide bonds. The third-order valence-corrected chi connectivity index (χ3v) is 4.42. The van der Waals surface area contributed by atoms with Gasteiger partial charge in [-0.15, -0.1) is 11.3 Å². The van der Waals surface area contributed by atoms with Crippen LogP contribution in [0.1, 0.15) is 21.9 Å². The Balaban J connectivity index is 1.70. The second kappa shape index (κ2) is 4.38. The van der Waals surface area contributed by atoms with Gasteiger partial charge in [-0.25, -0.2) is 15.0 Å². The Hall–Kier alpha value is -2.28.